The number of rotatable bonds is 7. The lowest BCUT2D eigenvalue weighted by Gasteiger charge is -2.04. The fraction of sp³-hybridized carbons (Fsp3) is 0.385. The molecule has 0 saturated heterocycles. The summed E-state index contributed by atoms with van der Waals surface area (Å²) in [5.41, 5.74) is 1.17. The van der Waals surface area contributed by atoms with E-state index in [0.29, 0.717) is 13.0 Å². The van der Waals surface area contributed by atoms with Crippen LogP contribution in [0.15, 0.2) is 30.3 Å². The number of methoxy groups -OCH3 is 1. The largest absolute Gasteiger partial charge is 0.469 e. The number of halogens is 1. The molecule has 0 aliphatic carbocycles. The molecule has 0 amide bonds. The maximum atomic E-state index is 11.3. The molecule has 1 aromatic carbocycles. The molecule has 1 N–H and O–H groups in total. The monoisotopic (exact) mass is 271 g/mol. The van der Waals surface area contributed by atoms with E-state index in [2.05, 4.69) is 10.1 Å². The molecule has 0 atom stereocenters. The van der Waals surface area contributed by atoms with E-state index in [9.17, 15) is 9.59 Å². The van der Waals surface area contributed by atoms with Gasteiger partial charge in [0, 0.05) is 19.5 Å². The molecule has 0 bridgehead atoms. The first-order valence-corrected chi connectivity index (χ1v) is 5.55. The summed E-state index contributed by atoms with van der Waals surface area (Å²) in [5, 5.41) is 3.15. The molecular formula is C13H18ClNO3. The molecule has 0 radical (unpaired) electrons. The van der Waals surface area contributed by atoms with Gasteiger partial charge in [-0.15, -0.1) is 12.4 Å². The van der Waals surface area contributed by atoms with Gasteiger partial charge in [-0.25, -0.2) is 0 Å². The number of carbonyl (C=O) groups is 2. The number of ether oxygens (including phenoxy) is 1. The average molecular weight is 272 g/mol. The van der Waals surface area contributed by atoms with Gasteiger partial charge in [-0.2, -0.15) is 0 Å². The van der Waals surface area contributed by atoms with Crippen LogP contribution in [0.3, 0.4) is 0 Å². The van der Waals surface area contributed by atoms with E-state index >= 15 is 0 Å². The summed E-state index contributed by atoms with van der Waals surface area (Å²) in [6.07, 6.45) is 0.214. The highest BCUT2D eigenvalue weighted by molar-refractivity contribution is 5.95. The zero-order valence-electron chi connectivity index (χ0n) is 10.3. The van der Waals surface area contributed by atoms with Crippen molar-refractivity contribution in [3.05, 3.63) is 35.9 Å². The van der Waals surface area contributed by atoms with Crippen molar-refractivity contribution in [3.8, 4) is 0 Å². The minimum absolute atomic E-state index is 0. The first-order chi connectivity index (χ1) is 8.22. The topological polar surface area (TPSA) is 55.4 Å². The number of ketones is 1. The molecule has 0 saturated carbocycles. The second-order valence-electron chi connectivity index (χ2n) is 3.70. The second-order valence-corrected chi connectivity index (χ2v) is 3.70. The van der Waals surface area contributed by atoms with Gasteiger partial charge in [-0.1, -0.05) is 30.3 Å². The third-order valence-electron chi connectivity index (χ3n) is 2.32. The smallest absolute Gasteiger partial charge is 0.313 e. The quantitative estimate of drug-likeness (QED) is 0.466. The van der Waals surface area contributed by atoms with Gasteiger partial charge in [0.25, 0.3) is 0 Å². The van der Waals surface area contributed by atoms with Crippen LogP contribution < -0.4 is 5.32 Å². The SMILES string of the molecule is COC(=O)CC(=O)CCNCc1ccccc1.Cl. The molecule has 0 unspecified atom stereocenters. The Morgan fingerprint density at radius 2 is 1.89 bits per heavy atom. The van der Waals surface area contributed by atoms with Crippen molar-refractivity contribution in [2.45, 2.75) is 19.4 Å². The van der Waals surface area contributed by atoms with Crippen LogP contribution in [0.4, 0.5) is 0 Å². The highest BCUT2D eigenvalue weighted by Crippen LogP contribution is 1.97. The fourth-order valence-electron chi connectivity index (χ4n) is 1.38. The number of nitrogens with one attached hydrogen (secondary N) is 1. The van der Waals surface area contributed by atoms with Gasteiger partial charge >= 0.3 is 5.97 Å². The number of hydrogen-bond donors (Lipinski definition) is 1. The van der Waals surface area contributed by atoms with Crippen LogP contribution in [0.5, 0.6) is 0 Å². The number of benzene rings is 1. The molecule has 0 spiro atoms. The number of carbonyl (C=O) groups excluding carboxylic acids is 2. The van der Waals surface area contributed by atoms with Gasteiger partial charge in [-0.05, 0) is 5.56 Å². The van der Waals surface area contributed by atoms with E-state index in [4.69, 9.17) is 0 Å². The van der Waals surface area contributed by atoms with Crippen LogP contribution in [-0.2, 0) is 20.9 Å². The highest BCUT2D eigenvalue weighted by atomic mass is 35.5. The number of Topliss-reactive ketones (excluding diaryl/α,β-unsaturated/α-hetero) is 1. The molecule has 0 heterocycles. The Labute approximate surface area is 113 Å². The summed E-state index contributed by atoms with van der Waals surface area (Å²) < 4.78 is 4.42. The Hall–Kier alpha value is -1.39. The third kappa shape index (κ3) is 7.04. The van der Waals surface area contributed by atoms with E-state index in [1.165, 1.54) is 12.7 Å². The Kier molecular flexibility index (Phi) is 8.88. The third-order valence-corrected chi connectivity index (χ3v) is 2.32. The lowest BCUT2D eigenvalue weighted by atomic mass is 10.2. The number of hydrogen-bond acceptors (Lipinski definition) is 4. The van der Waals surface area contributed by atoms with Crippen molar-refractivity contribution in [2.75, 3.05) is 13.7 Å². The van der Waals surface area contributed by atoms with Crippen molar-refractivity contribution in [1.29, 1.82) is 0 Å². The predicted molar refractivity (Wildman–Crippen MR) is 71.7 cm³/mol. The number of esters is 1. The first kappa shape index (κ1) is 16.6. The summed E-state index contributed by atoms with van der Waals surface area (Å²) >= 11 is 0. The van der Waals surface area contributed by atoms with Gasteiger partial charge in [0.2, 0.25) is 0 Å². The maximum Gasteiger partial charge on any atom is 0.313 e. The molecule has 1 aromatic rings. The maximum absolute atomic E-state index is 11.3. The van der Waals surface area contributed by atoms with Crippen LogP contribution in [-0.4, -0.2) is 25.4 Å². The van der Waals surface area contributed by atoms with Gasteiger partial charge in [-0.3, -0.25) is 9.59 Å². The summed E-state index contributed by atoms with van der Waals surface area (Å²) in [6.45, 7) is 1.30. The second kappa shape index (κ2) is 9.62. The minimum Gasteiger partial charge on any atom is -0.469 e. The molecule has 18 heavy (non-hydrogen) atoms. The molecule has 4 nitrogen and oxygen atoms in total. The Morgan fingerprint density at radius 1 is 1.22 bits per heavy atom. The summed E-state index contributed by atoms with van der Waals surface area (Å²) in [5.74, 6) is -0.574. The normalized spacial score (nSPS) is 9.39. The van der Waals surface area contributed by atoms with E-state index in [1.54, 1.807) is 0 Å². The fourth-order valence-corrected chi connectivity index (χ4v) is 1.38. The van der Waals surface area contributed by atoms with Crippen LogP contribution >= 0.6 is 12.4 Å². The molecule has 0 aliphatic rings. The predicted octanol–water partition coefficient (Wildman–Crippen LogP) is 1.72. The van der Waals surface area contributed by atoms with Gasteiger partial charge in [0.15, 0.2) is 0 Å². The van der Waals surface area contributed by atoms with Gasteiger partial charge < -0.3 is 10.1 Å². The minimum atomic E-state index is -0.474. The van der Waals surface area contributed by atoms with Crippen LogP contribution in [0.1, 0.15) is 18.4 Å². The molecular weight excluding hydrogens is 254 g/mol. The molecule has 1 rings (SSSR count). The Bertz CT molecular complexity index is 368. The van der Waals surface area contributed by atoms with E-state index < -0.39 is 5.97 Å². The van der Waals surface area contributed by atoms with Gasteiger partial charge in [0.05, 0.1) is 7.11 Å². The zero-order chi connectivity index (χ0) is 12.5. The van der Waals surface area contributed by atoms with Crippen molar-refractivity contribution < 1.29 is 14.3 Å². The van der Waals surface area contributed by atoms with E-state index in [1.807, 2.05) is 30.3 Å². The summed E-state index contributed by atoms with van der Waals surface area (Å²) in [7, 11) is 1.28. The van der Waals surface area contributed by atoms with Crippen molar-refractivity contribution >= 4 is 24.2 Å². The standard InChI is InChI=1S/C13H17NO3.ClH/c1-17-13(16)9-12(15)7-8-14-10-11-5-3-2-4-6-11;/h2-6,14H,7-10H2,1H3;1H. The Morgan fingerprint density at radius 3 is 2.50 bits per heavy atom. The lowest BCUT2D eigenvalue weighted by molar-refractivity contribution is -0.143. The van der Waals surface area contributed by atoms with Crippen molar-refractivity contribution in [3.63, 3.8) is 0 Å². The average Bonchev–Trinajstić information content (AvgIpc) is 2.36. The van der Waals surface area contributed by atoms with Crippen molar-refractivity contribution in [2.24, 2.45) is 0 Å². The van der Waals surface area contributed by atoms with Gasteiger partial charge in [0.1, 0.15) is 12.2 Å². The molecule has 5 heteroatoms. The van der Waals surface area contributed by atoms with Crippen LogP contribution in [0.2, 0.25) is 0 Å². The molecule has 0 aliphatic heterocycles. The molecule has 0 fully saturated rings. The zero-order valence-corrected chi connectivity index (χ0v) is 11.2. The van der Waals surface area contributed by atoms with E-state index in [0.717, 1.165) is 6.54 Å². The van der Waals surface area contributed by atoms with Crippen LogP contribution in [0, 0.1) is 0 Å². The molecule has 0 aromatic heterocycles. The Balaban J connectivity index is 0.00000289. The van der Waals surface area contributed by atoms with Crippen molar-refractivity contribution in [1.82, 2.24) is 5.32 Å². The van der Waals surface area contributed by atoms with Crippen LogP contribution in [0.25, 0.3) is 0 Å². The summed E-state index contributed by atoms with van der Waals surface area (Å²) in [6, 6.07) is 9.94. The first-order valence-electron chi connectivity index (χ1n) is 5.55. The summed E-state index contributed by atoms with van der Waals surface area (Å²) in [4.78, 5) is 22.1. The van der Waals surface area contributed by atoms with E-state index in [-0.39, 0.29) is 24.6 Å². The lowest BCUT2D eigenvalue weighted by Crippen LogP contribution is -2.19. The highest BCUT2D eigenvalue weighted by Gasteiger charge is 2.08. The molecule has 100 valence electrons.